The molecule has 1 aromatic heterocycles. The maximum atomic E-state index is 12.3. The summed E-state index contributed by atoms with van der Waals surface area (Å²) in [6.07, 6.45) is 0.314. The number of methoxy groups -OCH3 is 1. The number of nitrogens with zero attached hydrogens (tertiary/aromatic N) is 1. The number of H-pyrrole nitrogens is 1. The SMILES string of the molecule is COc1ccc(CC(=O)Nc2ccc(-c3nc4cc(C)c(C)cc4[nH]3)cc2)cc1. The quantitative estimate of drug-likeness (QED) is 0.506. The fourth-order valence-electron chi connectivity index (χ4n) is 3.25. The molecule has 4 rings (SSSR count). The Hall–Kier alpha value is -3.60. The summed E-state index contributed by atoms with van der Waals surface area (Å²) < 4.78 is 5.14. The molecular weight excluding hydrogens is 362 g/mol. The van der Waals surface area contributed by atoms with E-state index in [9.17, 15) is 4.79 Å². The van der Waals surface area contributed by atoms with Crippen LogP contribution in [-0.2, 0) is 11.2 Å². The summed E-state index contributed by atoms with van der Waals surface area (Å²) in [4.78, 5) is 20.4. The van der Waals surface area contributed by atoms with Crippen LogP contribution in [0.25, 0.3) is 22.4 Å². The lowest BCUT2D eigenvalue weighted by Crippen LogP contribution is -2.14. The lowest BCUT2D eigenvalue weighted by Gasteiger charge is -2.07. The van der Waals surface area contributed by atoms with Gasteiger partial charge in [-0.05, 0) is 79.1 Å². The molecule has 0 atom stereocenters. The van der Waals surface area contributed by atoms with Crippen LogP contribution in [0.2, 0.25) is 0 Å². The van der Waals surface area contributed by atoms with E-state index in [4.69, 9.17) is 9.72 Å². The molecule has 0 unspecified atom stereocenters. The van der Waals surface area contributed by atoms with Gasteiger partial charge >= 0.3 is 0 Å². The molecule has 0 radical (unpaired) electrons. The van der Waals surface area contributed by atoms with Crippen LogP contribution >= 0.6 is 0 Å². The number of aryl methyl sites for hydroxylation is 2. The van der Waals surface area contributed by atoms with E-state index < -0.39 is 0 Å². The Morgan fingerprint density at radius 1 is 1.00 bits per heavy atom. The van der Waals surface area contributed by atoms with Crippen molar-refractivity contribution in [1.29, 1.82) is 0 Å². The lowest BCUT2D eigenvalue weighted by molar-refractivity contribution is -0.115. The van der Waals surface area contributed by atoms with E-state index in [-0.39, 0.29) is 5.91 Å². The van der Waals surface area contributed by atoms with Crippen LogP contribution in [0.4, 0.5) is 5.69 Å². The van der Waals surface area contributed by atoms with Crippen molar-refractivity contribution in [3.8, 4) is 17.1 Å². The summed E-state index contributed by atoms with van der Waals surface area (Å²) in [7, 11) is 1.62. The van der Waals surface area contributed by atoms with Gasteiger partial charge in [0.1, 0.15) is 11.6 Å². The molecule has 29 heavy (non-hydrogen) atoms. The molecule has 0 saturated carbocycles. The van der Waals surface area contributed by atoms with Crippen LogP contribution in [0.3, 0.4) is 0 Å². The van der Waals surface area contributed by atoms with Crippen molar-refractivity contribution in [3.05, 3.63) is 77.4 Å². The third kappa shape index (κ3) is 4.14. The van der Waals surface area contributed by atoms with Gasteiger partial charge < -0.3 is 15.0 Å². The average molecular weight is 385 g/mol. The minimum Gasteiger partial charge on any atom is -0.497 e. The summed E-state index contributed by atoms with van der Waals surface area (Å²) in [6.45, 7) is 4.19. The number of hydrogen-bond donors (Lipinski definition) is 2. The Bertz CT molecular complexity index is 1120. The van der Waals surface area contributed by atoms with Crippen molar-refractivity contribution in [2.75, 3.05) is 12.4 Å². The number of benzene rings is 3. The molecule has 4 aromatic rings. The van der Waals surface area contributed by atoms with Gasteiger partial charge in [-0.1, -0.05) is 12.1 Å². The van der Waals surface area contributed by atoms with Crippen LogP contribution < -0.4 is 10.1 Å². The van der Waals surface area contributed by atoms with Gasteiger partial charge in [0.25, 0.3) is 0 Å². The normalized spacial score (nSPS) is 10.9. The van der Waals surface area contributed by atoms with Gasteiger partial charge in [-0.15, -0.1) is 0 Å². The first-order valence-electron chi connectivity index (χ1n) is 9.52. The van der Waals surface area contributed by atoms with Crippen molar-refractivity contribution in [1.82, 2.24) is 9.97 Å². The molecule has 0 saturated heterocycles. The van der Waals surface area contributed by atoms with Gasteiger partial charge in [0.15, 0.2) is 0 Å². The third-order valence-corrected chi connectivity index (χ3v) is 5.06. The Balaban J connectivity index is 1.45. The topological polar surface area (TPSA) is 67.0 Å². The van der Waals surface area contributed by atoms with Gasteiger partial charge in [0, 0.05) is 11.3 Å². The second-order valence-electron chi connectivity index (χ2n) is 7.19. The van der Waals surface area contributed by atoms with E-state index in [1.54, 1.807) is 7.11 Å². The number of aromatic nitrogens is 2. The molecule has 0 bridgehead atoms. The first-order valence-corrected chi connectivity index (χ1v) is 9.52. The van der Waals surface area contributed by atoms with E-state index in [1.165, 1.54) is 11.1 Å². The van der Waals surface area contributed by atoms with Crippen molar-refractivity contribution in [2.45, 2.75) is 20.3 Å². The molecule has 0 spiro atoms. The molecule has 146 valence electrons. The van der Waals surface area contributed by atoms with E-state index in [2.05, 4.69) is 36.3 Å². The summed E-state index contributed by atoms with van der Waals surface area (Å²) in [5, 5.41) is 2.94. The van der Waals surface area contributed by atoms with Gasteiger partial charge in [-0.2, -0.15) is 0 Å². The predicted molar refractivity (Wildman–Crippen MR) is 116 cm³/mol. The van der Waals surface area contributed by atoms with Gasteiger partial charge in [-0.3, -0.25) is 4.79 Å². The Morgan fingerprint density at radius 3 is 2.38 bits per heavy atom. The standard InChI is InChI=1S/C24H23N3O2/c1-15-12-21-22(13-16(15)2)27-24(26-21)18-6-8-19(9-7-18)25-23(28)14-17-4-10-20(29-3)11-5-17/h4-13H,14H2,1-3H3,(H,25,28)(H,26,27). The highest BCUT2D eigenvalue weighted by atomic mass is 16.5. The second kappa shape index (κ2) is 7.80. The Kier molecular flexibility index (Phi) is 5.04. The van der Waals surface area contributed by atoms with Crippen LogP contribution in [0.5, 0.6) is 5.75 Å². The van der Waals surface area contributed by atoms with Crippen LogP contribution in [-0.4, -0.2) is 23.0 Å². The lowest BCUT2D eigenvalue weighted by atomic mass is 10.1. The largest absolute Gasteiger partial charge is 0.497 e. The molecule has 2 N–H and O–H groups in total. The van der Waals surface area contributed by atoms with Crippen LogP contribution in [0, 0.1) is 13.8 Å². The first-order chi connectivity index (χ1) is 14.0. The van der Waals surface area contributed by atoms with Gasteiger partial charge in [-0.25, -0.2) is 4.98 Å². The number of aromatic amines is 1. The summed E-state index contributed by atoms with van der Waals surface area (Å²) in [5.74, 6) is 1.54. The number of carbonyl (C=O) groups excluding carboxylic acids is 1. The molecule has 0 aliphatic heterocycles. The monoisotopic (exact) mass is 385 g/mol. The fourth-order valence-corrected chi connectivity index (χ4v) is 3.25. The number of hydrogen-bond acceptors (Lipinski definition) is 3. The van der Waals surface area contributed by atoms with E-state index in [0.717, 1.165) is 39.4 Å². The molecule has 5 heteroatoms. The highest BCUT2D eigenvalue weighted by molar-refractivity contribution is 5.92. The summed E-state index contributed by atoms with van der Waals surface area (Å²) >= 11 is 0. The number of ether oxygens (including phenoxy) is 1. The maximum Gasteiger partial charge on any atom is 0.228 e. The Morgan fingerprint density at radius 2 is 1.69 bits per heavy atom. The molecule has 0 aliphatic rings. The van der Waals surface area contributed by atoms with Crippen molar-refractivity contribution < 1.29 is 9.53 Å². The molecule has 1 heterocycles. The predicted octanol–water partition coefficient (Wildman–Crippen LogP) is 5.04. The van der Waals surface area contributed by atoms with Crippen LogP contribution in [0.1, 0.15) is 16.7 Å². The highest BCUT2D eigenvalue weighted by Crippen LogP contribution is 2.24. The Labute approximate surface area is 169 Å². The molecular formula is C24H23N3O2. The minimum absolute atomic E-state index is 0.0578. The zero-order valence-corrected chi connectivity index (χ0v) is 16.7. The molecule has 1 amide bonds. The molecule has 5 nitrogen and oxygen atoms in total. The number of carbonyl (C=O) groups is 1. The van der Waals surface area contributed by atoms with Gasteiger partial charge in [0.2, 0.25) is 5.91 Å². The number of nitrogens with one attached hydrogen (secondary N) is 2. The van der Waals surface area contributed by atoms with E-state index >= 15 is 0 Å². The van der Waals surface area contributed by atoms with Crippen molar-refractivity contribution >= 4 is 22.6 Å². The van der Waals surface area contributed by atoms with E-state index in [0.29, 0.717) is 6.42 Å². The zero-order chi connectivity index (χ0) is 20.4. The molecule has 0 fully saturated rings. The maximum absolute atomic E-state index is 12.3. The molecule has 3 aromatic carbocycles. The third-order valence-electron chi connectivity index (χ3n) is 5.06. The van der Waals surface area contributed by atoms with E-state index in [1.807, 2.05) is 48.5 Å². The second-order valence-corrected chi connectivity index (χ2v) is 7.19. The number of fused-ring (bicyclic) bond motifs is 1. The smallest absolute Gasteiger partial charge is 0.228 e. The summed E-state index contributed by atoms with van der Waals surface area (Å²) in [5.41, 5.74) is 7.13. The number of rotatable bonds is 5. The fraction of sp³-hybridized carbons (Fsp3) is 0.167. The molecule has 0 aliphatic carbocycles. The van der Waals surface area contributed by atoms with Crippen molar-refractivity contribution in [2.24, 2.45) is 0 Å². The number of anilines is 1. The first kappa shape index (κ1) is 18.7. The number of amides is 1. The number of imidazole rings is 1. The van der Waals surface area contributed by atoms with Gasteiger partial charge in [0.05, 0.1) is 24.6 Å². The van der Waals surface area contributed by atoms with Crippen LogP contribution in [0.15, 0.2) is 60.7 Å². The highest BCUT2D eigenvalue weighted by Gasteiger charge is 2.08. The average Bonchev–Trinajstić information content (AvgIpc) is 3.12. The van der Waals surface area contributed by atoms with Crippen molar-refractivity contribution in [3.63, 3.8) is 0 Å². The zero-order valence-electron chi connectivity index (χ0n) is 16.7. The minimum atomic E-state index is -0.0578. The summed E-state index contributed by atoms with van der Waals surface area (Å²) in [6, 6.07) is 19.4.